The quantitative estimate of drug-likeness (QED) is 0.890. The summed E-state index contributed by atoms with van der Waals surface area (Å²) in [6, 6.07) is 10.1. The van der Waals surface area contributed by atoms with E-state index in [1.165, 1.54) is 0 Å². The van der Waals surface area contributed by atoms with Crippen LogP contribution in [0.1, 0.15) is 25.8 Å². The molecular formula is C17H25N3O2. The second kappa shape index (κ2) is 7.94. The van der Waals surface area contributed by atoms with Crippen LogP contribution in [0.25, 0.3) is 0 Å². The van der Waals surface area contributed by atoms with Crippen LogP contribution >= 0.6 is 0 Å². The van der Waals surface area contributed by atoms with Gasteiger partial charge >= 0.3 is 0 Å². The Morgan fingerprint density at radius 2 is 2.05 bits per heavy atom. The summed E-state index contributed by atoms with van der Waals surface area (Å²) in [6.07, 6.45) is 0.386. The van der Waals surface area contributed by atoms with Gasteiger partial charge in [0.2, 0.25) is 11.8 Å². The maximum atomic E-state index is 12.3. The van der Waals surface area contributed by atoms with Gasteiger partial charge in [-0.05, 0) is 12.5 Å². The van der Waals surface area contributed by atoms with Crippen LogP contribution in [0.5, 0.6) is 0 Å². The predicted octanol–water partition coefficient (Wildman–Crippen LogP) is 1.25. The summed E-state index contributed by atoms with van der Waals surface area (Å²) in [5.74, 6) is 0.137. The van der Waals surface area contributed by atoms with Crippen molar-refractivity contribution in [2.45, 2.75) is 32.9 Å². The Kier molecular flexibility index (Phi) is 5.95. The fraction of sp³-hybridized carbons (Fsp3) is 0.529. The molecule has 1 heterocycles. The van der Waals surface area contributed by atoms with Crippen molar-refractivity contribution < 1.29 is 9.59 Å². The highest BCUT2D eigenvalue weighted by atomic mass is 16.2. The van der Waals surface area contributed by atoms with E-state index in [1.807, 2.05) is 35.2 Å². The molecule has 2 amide bonds. The molecule has 1 fully saturated rings. The Labute approximate surface area is 132 Å². The van der Waals surface area contributed by atoms with Gasteiger partial charge in [0.25, 0.3) is 0 Å². The highest BCUT2D eigenvalue weighted by molar-refractivity contribution is 5.78. The number of amides is 2. The lowest BCUT2D eigenvalue weighted by molar-refractivity contribution is -0.135. The van der Waals surface area contributed by atoms with Gasteiger partial charge in [0.1, 0.15) is 0 Å². The first kappa shape index (κ1) is 16.5. The summed E-state index contributed by atoms with van der Waals surface area (Å²) in [5.41, 5.74) is 1.08. The van der Waals surface area contributed by atoms with Crippen LogP contribution in [0, 0.1) is 0 Å². The largest absolute Gasteiger partial charge is 0.338 e. The molecule has 1 saturated heterocycles. The molecule has 0 aliphatic carbocycles. The molecule has 1 aliphatic rings. The van der Waals surface area contributed by atoms with Crippen LogP contribution < -0.4 is 5.32 Å². The Hall–Kier alpha value is -1.88. The van der Waals surface area contributed by atoms with Gasteiger partial charge in [-0.25, -0.2) is 0 Å². The summed E-state index contributed by atoms with van der Waals surface area (Å²) in [7, 11) is 0. The molecular weight excluding hydrogens is 278 g/mol. The maximum Gasteiger partial charge on any atom is 0.224 e. The normalized spacial score (nSPS) is 18.1. The topological polar surface area (TPSA) is 52.7 Å². The molecule has 2 rings (SSSR count). The predicted molar refractivity (Wildman–Crippen MR) is 86.2 cm³/mol. The highest BCUT2D eigenvalue weighted by Crippen LogP contribution is 2.09. The van der Waals surface area contributed by atoms with Crippen LogP contribution in [0.15, 0.2) is 30.3 Å². The SMILES string of the molecule is CC(=O)N(CCC(=O)N1CCNC[C@H]1C)Cc1ccccc1. The molecule has 5 heteroatoms. The van der Waals surface area contributed by atoms with Gasteiger partial charge in [0.15, 0.2) is 0 Å². The lowest BCUT2D eigenvalue weighted by Crippen LogP contribution is -2.52. The van der Waals surface area contributed by atoms with Crippen molar-refractivity contribution in [2.24, 2.45) is 0 Å². The van der Waals surface area contributed by atoms with Gasteiger partial charge in [0, 0.05) is 52.1 Å². The first-order valence-corrected chi connectivity index (χ1v) is 7.87. The van der Waals surface area contributed by atoms with E-state index in [4.69, 9.17) is 0 Å². The Bertz CT molecular complexity index is 504. The fourth-order valence-corrected chi connectivity index (χ4v) is 2.74. The molecule has 1 N–H and O–H groups in total. The van der Waals surface area contributed by atoms with Crippen molar-refractivity contribution in [1.82, 2.24) is 15.1 Å². The van der Waals surface area contributed by atoms with Crippen LogP contribution in [0.2, 0.25) is 0 Å². The minimum absolute atomic E-state index is 0.00464. The molecule has 0 unspecified atom stereocenters. The zero-order valence-corrected chi connectivity index (χ0v) is 13.4. The number of benzene rings is 1. The Morgan fingerprint density at radius 1 is 1.32 bits per heavy atom. The number of rotatable bonds is 5. The number of nitrogens with one attached hydrogen (secondary N) is 1. The van der Waals surface area contributed by atoms with Gasteiger partial charge in [-0.1, -0.05) is 30.3 Å². The third kappa shape index (κ3) is 4.56. The lowest BCUT2D eigenvalue weighted by Gasteiger charge is -2.34. The van der Waals surface area contributed by atoms with Gasteiger partial charge in [-0.15, -0.1) is 0 Å². The summed E-state index contributed by atoms with van der Waals surface area (Å²) >= 11 is 0. The smallest absolute Gasteiger partial charge is 0.224 e. The van der Waals surface area contributed by atoms with E-state index in [0.717, 1.165) is 25.2 Å². The fourth-order valence-electron chi connectivity index (χ4n) is 2.74. The Morgan fingerprint density at radius 3 is 2.68 bits per heavy atom. The van der Waals surface area contributed by atoms with Crippen LogP contribution in [-0.2, 0) is 16.1 Å². The maximum absolute atomic E-state index is 12.3. The number of carbonyl (C=O) groups excluding carboxylic acids is 2. The van der Waals surface area contributed by atoms with E-state index in [9.17, 15) is 9.59 Å². The van der Waals surface area contributed by atoms with Crippen molar-refractivity contribution in [3.63, 3.8) is 0 Å². The second-order valence-electron chi connectivity index (χ2n) is 5.82. The number of hydrogen-bond acceptors (Lipinski definition) is 3. The van der Waals surface area contributed by atoms with Gasteiger partial charge < -0.3 is 15.1 Å². The zero-order chi connectivity index (χ0) is 15.9. The molecule has 0 bridgehead atoms. The molecule has 1 aliphatic heterocycles. The van der Waals surface area contributed by atoms with Crippen molar-refractivity contribution in [1.29, 1.82) is 0 Å². The summed E-state index contributed by atoms with van der Waals surface area (Å²) in [6.45, 7) is 7.07. The molecule has 1 atom stereocenters. The summed E-state index contributed by atoms with van der Waals surface area (Å²) in [4.78, 5) is 27.8. The monoisotopic (exact) mass is 303 g/mol. The Balaban J connectivity index is 1.88. The molecule has 120 valence electrons. The molecule has 0 aromatic heterocycles. The van der Waals surface area contributed by atoms with Gasteiger partial charge in [0.05, 0.1) is 0 Å². The van der Waals surface area contributed by atoms with Crippen molar-refractivity contribution in [2.75, 3.05) is 26.2 Å². The first-order valence-electron chi connectivity index (χ1n) is 7.87. The molecule has 1 aromatic rings. The van der Waals surface area contributed by atoms with E-state index < -0.39 is 0 Å². The first-order chi connectivity index (χ1) is 10.6. The summed E-state index contributed by atoms with van der Waals surface area (Å²) < 4.78 is 0. The van der Waals surface area contributed by atoms with E-state index in [2.05, 4.69) is 12.2 Å². The molecule has 0 saturated carbocycles. The van der Waals surface area contributed by atoms with Crippen molar-refractivity contribution >= 4 is 11.8 Å². The highest BCUT2D eigenvalue weighted by Gasteiger charge is 2.23. The number of nitrogens with zero attached hydrogens (tertiary/aromatic N) is 2. The zero-order valence-electron chi connectivity index (χ0n) is 13.4. The number of carbonyl (C=O) groups is 2. The van der Waals surface area contributed by atoms with E-state index in [0.29, 0.717) is 19.5 Å². The van der Waals surface area contributed by atoms with E-state index in [-0.39, 0.29) is 17.9 Å². The van der Waals surface area contributed by atoms with Crippen LogP contribution in [0.3, 0.4) is 0 Å². The molecule has 5 nitrogen and oxygen atoms in total. The van der Waals surface area contributed by atoms with Gasteiger partial charge in [-0.3, -0.25) is 9.59 Å². The summed E-state index contributed by atoms with van der Waals surface area (Å²) in [5, 5.41) is 3.28. The third-order valence-corrected chi connectivity index (χ3v) is 4.08. The number of piperazine rings is 1. The van der Waals surface area contributed by atoms with E-state index >= 15 is 0 Å². The second-order valence-corrected chi connectivity index (χ2v) is 5.82. The molecule has 1 aromatic carbocycles. The molecule has 0 spiro atoms. The minimum atomic E-state index is 0.00464. The van der Waals surface area contributed by atoms with E-state index in [1.54, 1.807) is 11.8 Å². The number of hydrogen-bond donors (Lipinski definition) is 1. The van der Waals surface area contributed by atoms with Crippen LogP contribution in [-0.4, -0.2) is 53.8 Å². The molecule has 0 radical (unpaired) electrons. The van der Waals surface area contributed by atoms with Crippen molar-refractivity contribution in [3.8, 4) is 0 Å². The average Bonchev–Trinajstić information content (AvgIpc) is 2.52. The average molecular weight is 303 g/mol. The standard InChI is InChI=1S/C17H25N3O2/c1-14-12-18-9-11-20(14)17(22)8-10-19(15(2)21)13-16-6-4-3-5-7-16/h3-7,14,18H,8-13H2,1-2H3/t14-/m1/s1. The minimum Gasteiger partial charge on any atom is -0.338 e. The molecule has 22 heavy (non-hydrogen) atoms. The van der Waals surface area contributed by atoms with Gasteiger partial charge in [-0.2, -0.15) is 0 Å². The lowest BCUT2D eigenvalue weighted by atomic mass is 10.2. The van der Waals surface area contributed by atoms with Crippen molar-refractivity contribution in [3.05, 3.63) is 35.9 Å². The third-order valence-electron chi connectivity index (χ3n) is 4.08. The van der Waals surface area contributed by atoms with Crippen LogP contribution in [0.4, 0.5) is 0 Å².